The fourth-order valence-electron chi connectivity index (χ4n) is 2.01. The van der Waals surface area contributed by atoms with Gasteiger partial charge in [0, 0.05) is 18.9 Å². The van der Waals surface area contributed by atoms with Crippen LogP contribution in [0.1, 0.15) is 12.0 Å². The van der Waals surface area contributed by atoms with Gasteiger partial charge in [-0.1, -0.05) is 0 Å². The lowest BCUT2D eigenvalue weighted by atomic mass is 10.2. The highest BCUT2D eigenvalue weighted by Gasteiger charge is 2.49. The molecule has 2 rings (SSSR count). The minimum Gasteiger partial charge on any atom is -0.481 e. The van der Waals surface area contributed by atoms with Gasteiger partial charge in [-0.25, -0.2) is 0 Å². The lowest BCUT2D eigenvalue weighted by Gasteiger charge is -2.20. The molecule has 19 heavy (non-hydrogen) atoms. The van der Waals surface area contributed by atoms with E-state index in [4.69, 9.17) is 5.11 Å². The van der Waals surface area contributed by atoms with Crippen LogP contribution in [0, 0.1) is 11.8 Å². The second-order valence-electron chi connectivity index (χ2n) is 4.53. The molecule has 100 valence electrons. The maximum atomic E-state index is 12.1. The van der Waals surface area contributed by atoms with Crippen molar-refractivity contribution >= 4 is 18.2 Å². The lowest BCUT2D eigenvalue weighted by Crippen LogP contribution is -2.34. The molecule has 1 aliphatic carbocycles. The number of nitrogens with zero attached hydrogens (tertiary/aromatic N) is 2. The molecule has 6 heteroatoms. The Kier molecular flexibility index (Phi) is 3.89. The van der Waals surface area contributed by atoms with E-state index in [0.29, 0.717) is 19.3 Å². The normalized spacial score (nSPS) is 20.6. The van der Waals surface area contributed by atoms with Crippen LogP contribution in [0.3, 0.4) is 0 Å². The maximum Gasteiger partial charge on any atom is 0.307 e. The van der Waals surface area contributed by atoms with E-state index in [1.807, 2.05) is 0 Å². The highest BCUT2D eigenvalue weighted by atomic mass is 16.4. The number of carboxylic acids is 1. The van der Waals surface area contributed by atoms with Crippen LogP contribution in [0.4, 0.5) is 0 Å². The number of carbonyl (C=O) groups excluding carboxylic acids is 2. The molecule has 6 nitrogen and oxygen atoms in total. The van der Waals surface area contributed by atoms with Crippen molar-refractivity contribution in [1.82, 2.24) is 9.88 Å². The largest absolute Gasteiger partial charge is 0.481 e. The zero-order chi connectivity index (χ0) is 13.8. The van der Waals surface area contributed by atoms with E-state index in [9.17, 15) is 14.4 Å². The molecule has 1 N–H and O–H groups in total. The molecular formula is C13H14N2O4. The van der Waals surface area contributed by atoms with Crippen LogP contribution in [-0.2, 0) is 20.9 Å². The predicted molar refractivity (Wildman–Crippen MR) is 65.0 cm³/mol. The number of pyridine rings is 1. The van der Waals surface area contributed by atoms with E-state index in [-0.39, 0.29) is 12.5 Å². The van der Waals surface area contributed by atoms with Crippen LogP contribution in [0.2, 0.25) is 0 Å². The second kappa shape index (κ2) is 5.60. The molecule has 0 aromatic carbocycles. The lowest BCUT2D eigenvalue weighted by molar-refractivity contribution is -0.142. The number of aliphatic carboxylic acids is 1. The molecule has 0 aliphatic heterocycles. The van der Waals surface area contributed by atoms with Crippen molar-refractivity contribution in [3.63, 3.8) is 0 Å². The average molecular weight is 262 g/mol. The van der Waals surface area contributed by atoms with Crippen LogP contribution in [0.25, 0.3) is 0 Å². The van der Waals surface area contributed by atoms with Crippen molar-refractivity contribution in [3.8, 4) is 0 Å². The number of carboxylic acid groups (broad SMARTS) is 1. The van der Waals surface area contributed by atoms with Gasteiger partial charge < -0.3 is 14.8 Å². The van der Waals surface area contributed by atoms with E-state index < -0.39 is 17.8 Å². The predicted octanol–water partition coefficient (Wildman–Crippen LogP) is 0.330. The summed E-state index contributed by atoms with van der Waals surface area (Å²) in [7, 11) is 0. The number of aldehydes is 1. The summed E-state index contributed by atoms with van der Waals surface area (Å²) in [5.74, 6) is -2.30. The Morgan fingerprint density at radius 2 is 2.05 bits per heavy atom. The SMILES string of the molecule is O=CCN(Cc1ccncc1)C(=O)C1CC1C(=O)O. The topological polar surface area (TPSA) is 87.6 Å². The van der Waals surface area contributed by atoms with Crippen LogP contribution < -0.4 is 0 Å². The molecule has 2 unspecified atom stereocenters. The molecular weight excluding hydrogens is 248 g/mol. The van der Waals surface area contributed by atoms with E-state index in [0.717, 1.165) is 5.56 Å². The zero-order valence-electron chi connectivity index (χ0n) is 10.2. The summed E-state index contributed by atoms with van der Waals surface area (Å²) in [5.41, 5.74) is 0.859. The molecule has 1 heterocycles. The molecule has 1 aromatic heterocycles. The van der Waals surface area contributed by atoms with Crippen molar-refractivity contribution in [2.45, 2.75) is 13.0 Å². The first-order valence-electron chi connectivity index (χ1n) is 5.97. The number of carbonyl (C=O) groups is 3. The summed E-state index contributed by atoms with van der Waals surface area (Å²) >= 11 is 0. The van der Waals surface area contributed by atoms with Gasteiger partial charge in [-0.15, -0.1) is 0 Å². The molecule has 2 atom stereocenters. The van der Waals surface area contributed by atoms with Crippen molar-refractivity contribution in [2.75, 3.05) is 6.54 Å². The third-order valence-corrected chi connectivity index (χ3v) is 3.15. The number of hydrogen-bond donors (Lipinski definition) is 1. The maximum absolute atomic E-state index is 12.1. The number of amides is 1. The van der Waals surface area contributed by atoms with Crippen LogP contribution in [0.15, 0.2) is 24.5 Å². The Morgan fingerprint density at radius 3 is 2.58 bits per heavy atom. The number of hydrogen-bond acceptors (Lipinski definition) is 4. The van der Waals surface area contributed by atoms with Gasteiger partial charge in [0.1, 0.15) is 6.29 Å². The molecule has 1 aromatic rings. The Bertz CT molecular complexity index is 489. The summed E-state index contributed by atoms with van der Waals surface area (Å²) in [5, 5.41) is 8.83. The first-order valence-corrected chi connectivity index (χ1v) is 5.97. The summed E-state index contributed by atoms with van der Waals surface area (Å²) < 4.78 is 0. The molecule has 0 saturated heterocycles. The summed E-state index contributed by atoms with van der Waals surface area (Å²) in [6, 6.07) is 3.51. The summed E-state index contributed by atoms with van der Waals surface area (Å²) in [6.45, 7) is 0.271. The molecule has 0 radical (unpaired) electrons. The molecule has 0 bridgehead atoms. The summed E-state index contributed by atoms with van der Waals surface area (Å²) in [6.07, 6.45) is 4.23. The molecule has 1 saturated carbocycles. The van der Waals surface area contributed by atoms with E-state index in [1.165, 1.54) is 4.90 Å². The highest BCUT2D eigenvalue weighted by molar-refractivity contribution is 5.90. The van der Waals surface area contributed by atoms with E-state index in [2.05, 4.69) is 4.98 Å². The monoisotopic (exact) mass is 262 g/mol. The smallest absolute Gasteiger partial charge is 0.307 e. The van der Waals surface area contributed by atoms with Gasteiger partial charge >= 0.3 is 5.97 Å². The third kappa shape index (κ3) is 3.15. The van der Waals surface area contributed by atoms with Crippen LogP contribution in [-0.4, -0.2) is 39.7 Å². The van der Waals surface area contributed by atoms with Gasteiger partial charge in [-0.2, -0.15) is 0 Å². The second-order valence-corrected chi connectivity index (χ2v) is 4.53. The van der Waals surface area contributed by atoms with Crippen LogP contribution in [0.5, 0.6) is 0 Å². The molecule has 0 spiro atoms. The fourth-order valence-corrected chi connectivity index (χ4v) is 2.01. The van der Waals surface area contributed by atoms with Crippen molar-refractivity contribution < 1.29 is 19.5 Å². The van der Waals surface area contributed by atoms with Gasteiger partial charge in [0.2, 0.25) is 5.91 Å². The zero-order valence-corrected chi connectivity index (χ0v) is 10.2. The molecule has 1 amide bonds. The van der Waals surface area contributed by atoms with E-state index in [1.54, 1.807) is 24.5 Å². The third-order valence-electron chi connectivity index (χ3n) is 3.15. The molecule has 1 fully saturated rings. The summed E-state index contributed by atoms with van der Waals surface area (Å²) in [4.78, 5) is 38.8. The van der Waals surface area contributed by atoms with Crippen molar-refractivity contribution in [2.24, 2.45) is 11.8 Å². The Balaban J connectivity index is 2.02. The fraction of sp³-hybridized carbons (Fsp3) is 0.385. The first kappa shape index (κ1) is 13.2. The van der Waals surface area contributed by atoms with Gasteiger partial charge in [0.05, 0.1) is 18.4 Å². The minimum atomic E-state index is -0.951. The van der Waals surface area contributed by atoms with Crippen LogP contribution >= 0.6 is 0 Å². The van der Waals surface area contributed by atoms with Gasteiger partial charge in [0.15, 0.2) is 0 Å². The Labute approximate surface area is 110 Å². The molecule has 1 aliphatic rings. The Hall–Kier alpha value is -2.24. The number of aromatic nitrogens is 1. The first-order chi connectivity index (χ1) is 9.13. The van der Waals surface area contributed by atoms with Gasteiger partial charge in [-0.3, -0.25) is 14.6 Å². The Morgan fingerprint density at radius 1 is 1.37 bits per heavy atom. The van der Waals surface area contributed by atoms with Crippen molar-refractivity contribution in [3.05, 3.63) is 30.1 Å². The number of rotatable bonds is 6. The van der Waals surface area contributed by atoms with Crippen molar-refractivity contribution in [1.29, 1.82) is 0 Å². The minimum absolute atomic E-state index is 0.0238. The van der Waals surface area contributed by atoms with Gasteiger partial charge in [0.25, 0.3) is 0 Å². The average Bonchev–Trinajstić information content (AvgIpc) is 3.19. The van der Waals surface area contributed by atoms with Gasteiger partial charge in [-0.05, 0) is 24.1 Å². The quantitative estimate of drug-likeness (QED) is 0.746. The standard InChI is InChI=1S/C13H14N2O4/c16-6-5-15(8-9-1-3-14-4-2-9)12(17)10-7-11(10)13(18)19/h1-4,6,10-11H,5,7-8H2,(H,18,19). The van der Waals surface area contributed by atoms with E-state index >= 15 is 0 Å². The highest BCUT2D eigenvalue weighted by Crippen LogP contribution is 2.40.